The molecule has 3 aromatic carbocycles. The Balaban J connectivity index is 1.67. The van der Waals surface area contributed by atoms with Crippen molar-refractivity contribution in [1.29, 1.82) is 0 Å². The van der Waals surface area contributed by atoms with Gasteiger partial charge < -0.3 is 10.3 Å². The summed E-state index contributed by atoms with van der Waals surface area (Å²) in [5.74, 6) is -0.0494. The average Bonchev–Trinajstić information content (AvgIpc) is 3.17. The standard InChI is InChI=1S/C24H20N2O2S/c1-16(27)26-18-11-13-19(14-12-18)29-24(17-7-3-2-4-8-17)23(28)21-15-25-22-10-6-5-9-20(21)22/h2-15,24-25H,1H3,(H,26,27)/t24-/m1/s1. The van der Waals surface area contributed by atoms with Crippen LogP contribution in [0.3, 0.4) is 0 Å². The number of amides is 1. The molecule has 1 atom stereocenters. The third-order valence-electron chi connectivity index (χ3n) is 4.62. The van der Waals surface area contributed by atoms with Crippen molar-refractivity contribution in [2.45, 2.75) is 17.1 Å². The SMILES string of the molecule is CC(=O)Nc1ccc(S[C@@H](C(=O)c2c[nH]c3ccccc23)c2ccccc2)cc1. The lowest BCUT2D eigenvalue weighted by Crippen LogP contribution is -2.09. The van der Waals surface area contributed by atoms with E-state index in [1.807, 2.05) is 78.9 Å². The smallest absolute Gasteiger partial charge is 0.221 e. The molecule has 0 aliphatic heterocycles. The van der Waals surface area contributed by atoms with E-state index < -0.39 is 0 Å². The Morgan fingerprint density at radius 1 is 0.897 bits per heavy atom. The van der Waals surface area contributed by atoms with E-state index in [0.29, 0.717) is 5.56 Å². The summed E-state index contributed by atoms with van der Waals surface area (Å²) >= 11 is 1.51. The first-order valence-corrected chi connectivity index (χ1v) is 10.2. The molecule has 0 bridgehead atoms. The van der Waals surface area contributed by atoms with Crippen molar-refractivity contribution in [3.8, 4) is 0 Å². The maximum Gasteiger partial charge on any atom is 0.221 e. The second kappa shape index (κ2) is 8.37. The molecule has 0 unspecified atom stereocenters. The maximum atomic E-state index is 13.5. The third-order valence-corrected chi connectivity index (χ3v) is 5.89. The summed E-state index contributed by atoms with van der Waals surface area (Å²) in [5, 5.41) is 3.32. The van der Waals surface area contributed by atoms with Gasteiger partial charge in [0.1, 0.15) is 0 Å². The van der Waals surface area contributed by atoms with Crippen molar-refractivity contribution in [3.63, 3.8) is 0 Å². The highest BCUT2D eigenvalue weighted by molar-refractivity contribution is 8.00. The van der Waals surface area contributed by atoms with E-state index >= 15 is 0 Å². The van der Waals surface area contributed by atoms with Gasteiger partial charge in [-0.2, -0.15) is 0 Å². The Morgan fingerprint density at radius 3 is 2.31 bits per heavy atom. The summed E-state index contributed by atoms with van der Waals surface area (Å²) in [5.41, 5.74) is 3.34. The van der Waals surface area contributed by atoms with Crippen molar-refractivity contribution in [1.82, 2.24) is 4.98 Å². The third kappa shape index (κ3) is 4.25. The molecule has 1 amide bonds. The van der Waals surface area contributed by atoms with E-state index in [1.165, 1.54) is 18.7 Å². The van der Waals surface area contributed by atoms with Crippen LogP contribution in [0.4, 0.5) is 5.69 Å². The van der Waals surface area contributed by atoms with Crippen LogP contribution in [0.25, 0.3) is 10.9 Å². The molecule has 0 fully saturated rings. The van der Waals surface area contributed by atoms with Gasteiger partial charge in [-0.3, -0.25) is 9.59 Å². The molecule has 4 rings (SSSR count). The lowest BCUT2D eigenvalue weighted by Gasteiger charge is -2.16. The lowest BCUT2D eigenvalue weighted by atomic mass is 10.0. The molecule has 4 aromatic rings. The quantitative estimate of drug-likeness (QED) is 0.316. The highest BCUT2D eigenvalue weighted by Gasteiger charge is 2.25. The van der Waals surface area contributed by atoms with Crippen LogP contribution < -0.4 is 5.32 Å². The number of benzene rings is 3. The summed E-state index contributed by atoms with van der Waals surface area (Å²) in [4.78, 5) is 28.9. The number of para-hydroxylation sites is 1. The van der Waals surface area contributed by atoms with Gasteiger partial charge in [-0.15, -0.1) is 11.8 Å². The fraction of sp³-hybridized carbons (Fsp3) is 0.0833. The number of ketones is 1. The fourth-order valence-electron chi connectivity index (χ4n) is 3.27. The summed E-state index contributed by atoms with van der Waals surface area (Å²) in [6, 6.07) is 25.2. The van der Waals surface area contributed by atoms with Gasteiger partial charge in [-0.05, 0) is 35.9 Å². The Morgan fingerprint density at radius 2 is 1.59 bits per heavy atom. The van der Waals surface area contributed by atoms with Gasteiger partial charge in [0.05, 0.1) is 5.25 Å². The monoisotopic (exact) mass is 400 g/mol. The Bertz CT molecular complexity index is 1150. The number of carbonyl (C=O) groups excluding carboxylic acids is 2. The van der Waals surface area contributed by atoms with Gasteiger partial charge in [-0.1, -0.05) is 48.5 Å². The van der Waals surface area contributed by atoms with Crippen LogP contribution >= 0.6 is 11.8 Å². The molecule has 5 heteroatoms. The molecular weight excluding hydrogens is 380 g/mol. The predicted octanol–water partition coefficient (Wildman–Crippen LogP) is 5.84. The van der Waals surface area contributed by atoms with Gasteiger partial charge in [0, 0.05) is 40.2 Å². The van der Waals surface area contributed by atoms with Crippen LogP contribution in [-0.4, -0.2) is 16.7 Å². The van der Waals surface area contributed by atoms with Gasteiger partial charge in [-0.25, -0.2) is 0 Å². The highest BCUT2D eigenvalue weighted by Crippen LogP contribution is 2.39. The molecule has 0 spiro atoms. The van der Waals surface area contributed by atoms with Crippen molar-refractivity contribution in [3.05, 3.63) is 96.2 Å². The summed E-state index contributed by atoms with van der Waals surface area (Å²) < 4.78 is 0. The number of anilines is 1. The topological polar surface area (TPSA) is 62.0 Å². The zero-order valence-corrected chi connectivity index (χ0v) is 16.7. The molecule has 1 aromatic heterocycles. The van der Waals surface area contributed by atoms with E-state index in [2.05, 4.69) is 10.3 Å². The van der Waals surface area contributed by atoms with Crippen molar-refractivity contribution < 1.29 is 9.59 Å². The first kappa shape index (κ1) is 19.0. The molecule has 4 nitrogen and oxygen atoms in total. The number of aromatic amines is 1. The minimum atomic E-state index is -0.373. The van der Waals surface area contributed by atoms with E-state index in [0.717, 1.165) is 27.0 Å². The van der Waals surface area contributed by atoms with Gasteiger partial charge in [0.15, 0.2) is 5.78 Å². The Labute approximate surface area is 173 Å². The normalized spacial score (nSPS) is 11.9. The number of fused-ring (bicyclic) bond motifs is 1. The van der Waals surface area contributed by atoms with Gasteiger partial charge in [0.25, 0.3) is 0 Å². The number of hydrogen-bond donors (Lipinski definition) is 2. The molecule has 1 heterocycles. The van der Waals surface area contributed by atoms with Crippen molar-refractivity contribution in [2.75, 3.05) is 5.32 Å². The van der Waals surface area contributed by atoms with Crippen LogP contribution in [-0.2, 0) is 4.79 Å². The zero-order valence-electron chi connectivity index (χ0n) is 15.9. The number of rotatable bonds is 6. The molecule has 0 aliphatic rings. The number of Topliss-reactive ketones (excluding diaryl/α,β-unsaturated/α-hetero) is 1. The first-order valence-electron chi connectivity index (χ1n) is 9.31. The molecule has 0 aliphatic carbocycles. The molecule has 2 N–H and O–H groups in total. The maximum absolute atomic E-state index is 13.5. The van der Waals surface area contributed by atoms with Crippen LogP contribution in [0, 0.1) is 0 Å². The van der Waals surface area contributed by atoms with Gasteiger partial charge in [0.2, 0.25) is 5.91 Å². The van der Waals surface area contributed by atoms with E-state index in [9.17, 15) is 9.59 Å². The molecule has 0 saturated heterocycles. The van der Waals surface area contributed by atoms with Crippen LogP contribution in [0.2, 0.25) is 0 Å². The predicted molar refractivity (Wildman–Crippen MR) is 118 cm³/mol. The number of aromatic nitrogens is 1. The number of hydrogen-bond acceptors (Lipinski definition) is 3. The first-order chi connectivity index (χ1) is 14.1. The molecule has 144 valence electrons. The Kier molecular flexibility index (Phi) is 5.49. The van der Waals surface area contributed by atoms with E-state index in [4.69, 9.17) is 0 Å². The average molecular weight is 401 g/mol. The number of carbonyl (C=O) groups is 2. The molecular formula is C24H20N2O2S. The number of thioether (sulfide) groups is 1. The summed E-state index contributed by atoms with van der Waals surface area (Å²) in [6.45, 7) is 1.48. The lowest BCUT2D eigenvalue weighted by molar-refractivity contribution is -0.114. The number of nitrogens with one attached hydrogen (secondary N) is 2. The second-order valence-electron chi connectivity index (χ2n) is 6.73. The second-order valence-corrected chi connectivity index (χ2v) is 7.90. The summed E-state index contributed by atoms with van der Waals surface area (Å²) in [7, 11) is 0. The van der Waals surface area contributed by atoms with Gasteiger partial charge >= 0.3 is 0 Å². The Hall–Kier alpha value is -3.31. The van der Waals surface area contributed by atoms with Crippen molar-refractivity contribution >= 4 is 40.0 Å². The van der Waals surface area contributed by atoms with Crippen molar-refractivity contribution in [2.24, 2.45) is 0 Å². The summed E-state index contributed by atoms with van der Waals surface area (Å²) in [6.07, 6.45) is 1.80. The van der Waals surface area contributed by atoms with E-state index in [-0.39, 0.29) is 16.9 Å². The number of H-pyrrole nitrogens is 1. The molecule has 0 saturated carbocycles. The molecule has 29 heavy (non-hydrogen) atoms. The highest BCUT2D eigenvalue weighted by atomic mass is 32.2. The zero-order chi connectivity index (χ0) is 20.2. The molecule has 0 radical (unpaired) electrons. The van der Waals surface area contributed by atoms with Crippen LogP contribution in [0.5, 0.6) is 0 Å². The van der Waals surface area contributed by atoms with E-state index in [1.54, 1.807) is 6.20 Å². The minimum absolute atomic E-state index is 0.0598. The fourth-order valence-corrected chi connectivity index (χ4v) is 4.37. The largest absolute Gasteiger partial charge is 0.360 e. The van der Waals surface area contributed by atoms with Crippen LogP contribution in [0.15, 0.2) is 90.0 Å². The minimum Gasteiger partial charge on any atom is -0.360 e. The van der Waals surface area contributed by atoms with Crippen LogP contribution in [0.1, 0.15) is 28.1 Å².